The Bertz CT molecular complexity index is 1040. The highest BCUT2D eigenvalue weighted by Gasteiger charge is 2.15. The summed E-state index contributed by atoms with van der Waals surface area (Å²) in [6.07, 6.45) is 8.85. The highest BCUT2D eigenvalue weighted by Crippen LogP contribution is 2.29. The fourth-order valence-electron chi connectivity index (χ4n) is 4.34. The van der Waals surface area contributed by atoms with Gasteiger partial charge in [-0.1, -0.05) is 59.1 Å². The maximum Gasteiger partial charge on any atom is 0.0493 e. The van der Waals surface area contributed by atoms with E-state index in [2.05, 4.69) is 47.1 Å². The summed E-state index contributed by atoms with van der Waals surface area (Å²) in [7, 11) is 0. The van der Waals surface area contributed by atoms with E-state index in [1.165, 1.54) is 47.8 Å². The molecule has 0 saturated heterocycles. The van der Waals surface area contributed by atoms with E-state index in [1.54, 1.807) is 5.57 Å². The number of allylic oxidation sites excluding steroid dienone is 1. The molecule has 30 heavy (non-hydrogen) atoms. The summed E-state index contributed by atoms with van der Waals surface area (Å²) in [6.45, 7) is 4.88. The van der Waals surface area contributed by atoms with Gasteiger partial charge in [0.2, 0.25) is 0 Å². The number of halogens is 3. The molecule has 0 bridgehead atoms. The van der Waals surface area contributed by atoms with Crippen molar-refractivity contribution in [3.8, 4) is 0 Å². The first-order chi connectivity index (χ1) is 14.1. The SMILES string of the molecule is Cc1c(CNCCC2=CCCCC2)c2ccccc2n1Cc1ccc(Cl)cc1Cl.Cl. The van der Waals surface area contributed by atoms with Gasteiger partial charge in [0.15, 0.2) is 0 Å². The van der Waals surface area contributed by atoms with Gasteiger partial charge in [-0.15, -0.1) is 12.4 Å². The molecule has 4 rings (SSSR count). The van der Waals surface area contributed by atoms with Crippen LogP contribution in [0, 0.1) is 6.92 Å². The van der Waals surface area contributed by atoms with Crippen LogP contribution in [-0.4, -0.2) is 11.1 Å². The van der Waals surface area contributed by atoms with Crippen LogP contribution in [0.5, 0.6) is 0 Å². The van der Waals surface area contributed by atoms with Gasteiger partial charge in [0.1, 0.15) is 0 Å². The molecule has 0 amide bonds. The van der Waals surface area contributed by atoms with Crippen LogP contribution in [0.1, 0.15) is 48.9 Å². The van der Waals surface area contributed by atoms with Crippen LogP contribution in [0.2, 0.25) is 10.0 Å². The molecule has 1 heterocycles. The zero-order valence-corrected chi connectivity index (χ0v) is 19.7. The number of hydrogen-bond donors (Lipinski definition) is 1. The third kappa shape index (κ3) is 5.23. The van der Waals surface area contributed by atoms with Gasteiger partial charge in [-0.05, 0) is 74.9 Å². The van der Waals surface area contributed by atoms with Gasteiger partial charge in [-0.3, -0.25) is 0 Å². The topological polar surface area (TPSA) is 17.0 Å². The molecular formula is C25H29Cl3N2. The Kier molecular flexibility index (Phi) is 8.30. The minimum absolute atomic E-state index is 0. The number of benzene rings is 2. The van der Waals surface area contributed by atoms with Crippen molar-refractivity contribution >= 4 is 46.5 Å². The number of rotatable bonds is 7. The highest BCUT2D eigenvalue weighted by atomic mass is 35.5. The van der Waals surface area contributed by atoms with Crippen molar-refractivity contribution in [2.75, 3.05) is 6.54 Å². The largest absolute Gasteiger partial charge is 0.340 e. The van der Waals surface area contributed by atoms with Crippen LogP contribution in [0.4, 0.5) is 0 Å². The molecule has 0 saturated carbocycles. The quantitative estimate of drug-likeness (QED) is 0.280. The predicted octanol–water partition coefficient (Wildman–Crippen LogP) is 7.71. The molecule has 3 aromatic rings. The van der Waals surface area contributed by atoms with Crippen LogP contribution in [-0.2, 0) is 13.1 Å². The van der Waals surface area contributed by atoms with E-state index in [-0.39, 0.29) is 12.4 Å². The number of nitrogens with one attached hydrogen (secondary N) is 1. The van der Waals surface area contributed by atoms with Crippen molar-refractivity contribution in [1.29, 1.82) is 0 Å². The molecule has 1 aliphatic rings. The van der Waals surface area contributed by atoms with Crippen LogP contribution in [0.3, 0.4) is 0 Å². The summed E-state index contributed by atoms with van der Waals surface area (Å²) in [5.74, 6) is 0. The van der Waals surface area contributed by atoms with E-state index in [0.29, 0.717) is 5.02 Å². The van der Waals surface area contributed by atoms with Gasteiger partial charge in [-0.25, -0.2) is 0 Å². The monoisotopic (exact) mass is 462 g/mol. The molecular weight excluding hydrogens is 435 g/mol. The van der Waals surface area contributed by atoms with Crippen molar-refractivity contribution in [1.82, 2.24) is 9.88 Å². The van der Waals surface area contributed by atoms with Crippen molar-refractivity contribution in [2.45, 2.75) is 52.1 Å². The number of para-hydroxylation sites is 1. The Morgan fingerprint density at radius 3 is 2.67 bits per heavy atom. The lowest BCUT2D eigenvalue weighted by Gasteiger charge is -2.13. The summed E-state index contributed by atoms with van der Waals surface area (Å²) in [5.41, 5.74) is 6.64. The second kappa shape index (κ2) is 10.7. The Hall–Kier alpha value is -1.45. The van der Waals surface area contributed by atoms with Gasteiger partial charge in [0, 0.05) is 39.7 Å². The lowest BCUT2D eigenvalue weighted by atomic mass is 9.97. The first kappa shape index (κ1) is 23.2. The molecule has 160 valence electrons. The fourth-order valence-corrected chi connectivity index (χ4v) is 4.81. The first-order valence-electron chi connectivity index (χ1n) is 10.5. The molecule has 0 spiro atoms. The summed E-state index contributed by atoms with van der Waals surface area (Å²) < 4.78 is 2.37. The fraction of sp³-hybridized carbons (Fsp3) is 0.360. The van der Waals surface area contributed by atoms with Gasteiger partial charge in [0.05, 0.1) is 0 Å². The Balaban J connectivity index is 0.00000256. The Morgan fingerprint density at radius 2 is 1.90 bits per heavy atom. The van der Waals surface area contributed by atoms with E-state index in [1.807, 2.05) is 18.2 Å². The normalized spacial score (nSPS) is 13.9. The minimum atomic E-state index is 0. The standard InChI is InChI=1S/C25H28Cl2N2.ClH/c1-18-23(16-28-14-13-19-7-3-2-4-8-19)22-9-5-6-10-25(22)29(18)17-20-11-12-21(26)15-24(20)27;/h5-7,9-12,15,28H,2-4,8,13-14,16-17H2,1H3;1H. The maximum atomic E-state index is 6.45. The molecule has 1 N–H and O–H groups in total. The average molecular weight is 464 g/mol. The molecule has 0 fully saturated rings. The van der Waals surface area contributed by atoms with E-state index in [4.69, 9.17) is 23.2 Å². The molecule has 0 radical (unpaired) electrons. The second-order valence-corrected chi connectivity index (χ2v) is 8.78. The molecule has 1 aliphatic carbocycles. The van der Waals surface area contributed by atoms with Crippen molar-refractivity contribution in [3.63, 3.8) is 0 Å². The third-order valence-corrected chi connectivity index (χ3v) is 6.60. The van der Waals surface area contributed by atoms with Crippen molar-refractivity contribution in [2.24, 2.45) is 0 Å². The molecule has 1 aromatic heterocycles. The van der Waals surface area contributed by atoms with E-state index < -0.39 is 0 Å². The average Bonchev–Trinajstić information content (AvgIpc) is 2.99. The number of fused-ring (bicyclic) bond motifs is 1. The number of nitrogens with zero attached hydrogens (tertiary/aromatic N) is 1. The van der Waals surface area contributed by atoms with Crippen molar-refractivity contribution < 1.29 is 0 Å². The van der Waals surface area contributed by atoms with Crippen LogP contribution in [0.25, 0.3) is 10.9 Å². The lowest BCUT2D eigenvalue weighted by molar-refractivity contribution is 0.631. The Morgan fingerprint density at radius 1 is 1.07 bits per heavy atom. The smallest absolute Gasteiger partial charge is 0.0493 e. The zero-order chi connectivity index (χ0) is 20.2. The van der Waals surface area contributed by atoms with Crippen LogP contribution in [0.15, 0.2) is 54.1 Å². The number of aromatic nitrogens is 1. The molecule has 0 atom stereocenters. The predicted molar refractivity (Wildman–Crippen MR) is 132 cm³/mol. The summed E-state index contributed by atoms with van der Waals surface area (Å²) >= 11 is 12.5. The van der Waals surface area contributed by atoms with E-state index in [0.717, 1.165) is 36.6 Å². The van der Waals surface area contributed by atoms with E-state index >= 15 is 0 Å². The molecule has 0 aliphatic heterocycles. The minimum Gasteiger partial charge on any atom is -0.340 e. The molecule has 5 heteroatoms. The highest BCUT2D eigenvalue weighted by molar-refractivity contribution is 6.35. The van der Waals surface area contributed by atoms with Crippen molar-refractivity contribution in [3.05, 3.63) is 81.0 Å². The number of hydrogen-bond acceptors (Lipinski definition) is 1. The molecule has 2 nitrogen and oxygen atoms in total. The van der Waals surface area contributed by atoms with Crippen LogP contribution < -0.4 is 5.32 Å². The Labute approximate surface area is 195 Å². The molecule has 0 unspecified atom stereocenters. The van der Waals surface area contributed by atoms with Gasteiger partial charge >= 0.3 is 0 Å². The third-order valence-electron chi connectivity index (χ3n) is 6.01. The van der Waals surface area contributed by atoms with E-state index in [9.17, 15) is 0 Å². The second-order valence-electron chi connectivity index (χ2n) is 7.94. The summed E-state index contributed by atoms with van der Waals surface area (Å²) in [5, 5.41) is 6.39. The first-order valence-corrected chi connectivity index (χ1v) is 11.3. The zero-order valence-electron chi connectivity index (χ0n) is 17.4. The molecule has 2 aromatic carbocycles. The van der Waals surface area contributed by atoms with Gasteiger partial charge in [-0.2, -0.15) is 0 Å². The van der Waals surface area contributed by atoms with Crippen LogP contribution >= 0.6 is 35.6 Å². The maximum absolute atomic E-state index is 6.45. The summed E-state index contributed by atoms with van der Waals surface area (Å²) in [6, 6.07) is 14.4. The van der Waals surface area contributed by atoms with Gasteiger partial charge in [0.25, 0.3) is 0 Å². The summed E-state index contributed by atoms with van der Waals surface area (Å²) in [4.78, 5) is 0. The van der Waals surface area contributed by atoms with Gasteiger partial charge < -0.3 is 9.88 Å². The lowest BCUT2D eigenvalue weighted by Crippen LogP contribution is -2.16.